The molecule has 0 radical (unpaired) electrons. The number of aliphatic hydroxyl groups excluding tert-OH is 1. The zero-order valence-corrected chi connectivity index (χ0v) is 13.0. The number of hydrogen-bond donors (Lipinski definition) is 2. The van der Waals surface area contributed by atoms with Gasteiger partial charge in [0.1, 0.15) is 16.4 Å². The van der Waals surface area contributed by atoms with E-state index in [0.717, 1.165) is 12.8 Å². The van der Waals surface area contributed by atoms with E-state index in [2.05, 4.69) is 4.72 Å². The Bertz CT molecular complexity index is 587. The van der Waals surface area contributed by atoms with Gasteiger partial charge in [0.15, 0.2) is 0 Å². The number of ether oxygens (including phenoxy) is 2. The minimum absolute atomic E-state index is 0.0159. The van der Waals surface area contributed by atoms with Gasteiger partial charge in [-0.1, -0.05) is 12.8 Å². The van der Waals surface area contributed by atoms with E-state index < -0.39 is 22.2 Å². The summed E-state index contributed by atoms with van der Waals surface area (Å²) in [5.74, 6) is 0.675. The fourth-order valence-electron chi connectivity index (χ4n) is 2.51. The van der Waals surface area contributed by atoms with Crippen LogP contribution in [0.2, 0.25) is 0 Å². The minimum Gasteiger partial charge on any atom is -0.497 e. The Kier molecular flexibility index (Phi) is 5.08. The Hall–Kier alpha value is -1.31. The third-order valence-corrected chi connectivity index (χ3v) is 5.21. The highest BCUT2D eigenvalue weighted by Gasteiger charge is 2.30. The quantitative estimate of drug-likeness (QED) is 0.855. The molecular formula is C14H21NO5S. The SMILES string of the molecule is COc1ccc(OC)c(S(=O)(=O)NC2CCCCC2O)c1. The van der Waals surface area contributed by atoms with E-state index >= 15 is 0 Å². The number of benzene rings is 1. The van der Waals surface area contributed by atoms with Gasteiger partial charge in [-0.2, -0.15) is 0 Å². The molecule has 21 heavy (non-hydrogen) atoms. The summed E-state index contributed by atoms with van der Waals surface area (Å²) in [6, 6.07) is 4.13. The van der Waals surface area contributed by atoms with E-state index in [1.807, 2.05) is 0 Å². The van der Waals surface area contributed by atoms with Crippen LogP contribution in [0.4, 0.5) is 0 Å². The summed E-state index contributed by atoms with van der Waals surface area (Å²) in [6.07, 6.45) is 2.42. The summed E-state index contributed by atoms with van der Waals surface area (Å²) in [5, 5.41) is 9.92. The summed E-state index contributed by atoms with van der Waals surface area (Å²) in [5.41, 5.74) is 0. The van der Waals surface area contributed by atoms with Crippen molar-refractivity contribution in [1.29, 1.82) is 0 Å². The van der Waals surface area contributed by atoms with Crippen LogP contribution in [0.3, 0.4) is 0 Å². The van der Waals surface area contributed by atoms with Crippen molar-refractivity contribution in [2.45, 2.75) is 42.7 Å². The Balaban J connectivity index is 2.30. The van der Waals surface area contributed by atoms with E-state index in [1.165, 1.54) is 20.3 Å². The second-order valence-electron chi connectivity index (χ2n) is 5.10. The van der Waals surface area contributed by atoms with Crippen LogP contribution in [0.25, 0.3) is 0 Å². The van der Waals surface area contributed by atoms with Gasteiger partial charge in [-0.25, -0.2) is 13.1 Å². The zero-order valence-electron chi connectivity index (χ0n) is 12.2. The average Bonchev–Trinajstić information content (AvgIpc) is 2.48. The van der Waals surface area contributed by atoms with Crippen molar-refractivity contribution in [2.75, 3.05) is 14.2 Å². The zero-order chi connectivity index (χ0) is 15.5. The van der Waals surface area contributed by atoms with Gasteiger partial charge in [-0.3, -0.25) is 0 Å². The molecule has 1 aliphatic carbocycles. The lowest BCUT2D eigenvalue weighted by molar-refractivity contribution is 0.101. The van der Waals surface area contributed by atoms with Crippen LogP contribution in [-0.2, 0) is 10.0 Å². The van der Waals surface area contributed by atoms with Gasteiger partial charge in [-0.15, -0.1) is 0 Å². The first-order valence-electron chi connectivity index (χ1n) is 6.90. The second kappa shape index (κ2) is 6.64. The van der Waals surface area contributed by atoms with Gasteiger partial charge >= 0.3 is 0 Å². The molecular weight excluding hydrogens is 294 g/mol. The van der Waals surface area contributed by atoms with Crippen molar-refractivity contribution < 1.29 is 23.0 Å². The largest absolute Gasteiger partial charge is 0.497 e. The lowest BCUT2D eigenvalue weighted by Crippen LogP contribution is -2.45. The van der Waals surface area contributed by atoms with Crippen LogP contribution in [0.5, 0.6) is 11.5 Å². The maximum atomic E-state index is 12.5. The second-order valence-corrected chi connectivity index (χ2v) is 6.78. The predicted octanol–water partition coefficient (Wildman–Crippen LogP) is 1.29. The van der Waals surface area contributed by atoms with Gasteiger partial charge in [-0.05, 0) is 25.0 Å². The molecule has 1 fully saturated rings. The minimum atomic E-state index is -3.78. The van der Waals surface area contributed by atoms with E-state index in [1.54, 1.807) is 12.1 Å². The maximum absolute atomic E-state index is 12.5. The van der Waals surface area contributed by atoms with E-state index in [-0.39, 0.29) is 10.6 Å². The highest BCUT2D eigenvalue weighted by atomic mass is 32.2. The number of aliphatic hydroxyl groups is 1. The first-order valence-corrected chi connectivity index (χ1v) is 8.38. The van der Waals surface area contributed by atoms with E-state index in [4.69, 9.17) is 9.47 Å². The van der Waals surface area contributed by atoms with Crippen LogP contribution in [0.15, 0.2) is 23.1 Å². The summed E-state index contributed by atoms with van der Waals surface area (Å²) in [6.45, 7) is 0. The summed E-state index contributed by atoms with van der Waals surface area (Å²) >= 11 is 0. The molecule has 0 spiro atoms. The van der Waals surface area contributed by atoms with Crippen LogP contribution >= 0.6 is 0 Å². The fraction of sp³-hybridized carbons (Fsp3) is 0.571. The van der Waals surface area contributed by atoms with Gasteiger partial charge in [0, 0.05) is 12.1 Å². The molecule has 2 atom stereocenters. The molecule has 0 bridgehead atoms. The number of rotatable bonds is 5. The Labute approximate surface area is 125 Å². The van der Waals surface area contributed by atoms with E-state index in [0.29, 0.717) is 18.6 Å². The van der Waals surface area contributed by atoms with Crippen LogP contribution in [0.1, 0.15) is 25.7 Å². The van der Waals surface area contributed by atoms with Gasteiger partial charge in [0.2, 0.25) is 10.0 Å². The number of sulfonamides is 1. The Morgan fingerprint density at radius 1 is 1.19 bits per heavy atom. The smallest absolute Gasteiger partial charge is 0.244 e. The van der Waals surface area contributed by atoms with Crippen LogP contribution in [-0.4, -0.2) is 39.9 Å². The Morgan fingerprint density at radius 2 is 1.90 bits per heavy atom. The monoisotopic (exact) mass is 315 g/mol. The molecule has 2 unspecified atom stereocenters. The number of hydrogen-bond acceptors (Lipinski definition) is 5. The maximum Gasteiger partial charge on any atom is 0.244 e. The van der Waals surface area contributed by atoms with Crippen molar-refractivity contribution in [3.63, 3.8) is 0 Å². The molecule has 1 aromatic carbocycles. The van der Waals surface area contributed by atoms with Gasteiger partial charge < -0.3 is 14.6 Å². The molecule has 1 aliphatic rings. The molecule has 2 N–H and O–H groups in total. The first-order chi connectivity index (χ1) is 9.97. The number of nitrogens with one attached hydrogen (secondary N) is 1. The van der Waals surface area contributed by atoms with Crippen molar-refractivity contribution in [1.82, 2.24) is 4.72 Å². The van der Waals surface area contributed by atoms with Gasteiger partial charge in [0.05, 0.1) is 20.3 Å². The molecule has 0 heterocycles. The summed E-state index contributed by atoms with van der Waals surface area (Å²) < 4.78 is 37.8. The summed E-state index contributed by atoms with van der Waals surface area (Å²) in [4.78, 5) is 0.0159. The van der Waals surface area contributed by atoms with Crippen molar-refractivity contribution in [3.8, 4) is 11.5 Å². The third kappa shape index (κ3) is 3.66. The topological polar surface area (TPSA) is 84.9 Å². The molecule has 0 aromatic heterocycles. The average molecular weight is 315 g/mol. The summed E-state index contributed by atoms with van der Waals surface area (Å²) in [7, 11) is -0.901. The molecule has 118 valence electrons. The molecule has 1 saturated carbocycles. The van der Waals surface area contributed by atoms with Crippen molar-refractivity contribution >= 4 is 10.0 Å². The Morgan fingerprint density at radius 3 is 2.52 bits per heavy atom. The van der Waals surface area contributed by atoms with Crippen LogP contribution in [0, 0.1) is 0 Å². The predicted molar refractivity (Wildman–Crippen MR) is 78.1 cm³/mol. The highest BCUT2D eigenvalue weighted by Crippen LogP contribution is 2.29. The van der Waals surface area contributed by atoms with Crippen LogP contribution < -0.4 is 14.2 Å². The molecule has 0 amide bonds. The fourth-order valence-corrected chi connectivity index (χ4v) is 3.99. The molecule has 0 saturated heterocycles. The molecule has 6 nitrogen and oxygen atoms in total. The highest BCUT2D eigenvalue weighted by molar-refractivity contribution is 7.89. The lowest BCUT2D eigenvalue weighted by atomic mass is 9.93. The standard InChI is InChI=1S/C14H21NO5S/c1-19-10-7-8-13(20-2)14(9-10)21(17,18)15-11-5-3-4-6-12(11)16/h7-9,11-12,15-16H,3-6H2,1-2H3. The first kappa shape index (κ1) is 16.1. The normalized spacial score (nSPS) is 22.8. The third-order valence-electron chi connectivity index (χ3n) is 3.70. The molecule has 0 aliphatic heterocycles. The number of methoxy groups -OCH3 is 2. The van der Waals surface area contributed by atoms with Crippen molar-refractivity contribution in [3.05, 3.63) is 18.2 Å². The lowest BCUT2D eigenvalue weighted by Gasteiger charge is -2.28. The van der Waals surface area contributed by atoms with Crippen molar-refractivity contribution in [2.24, 2.45) is 0 Å². The molecule has 7 heteroatoms. The molecule has 2 rings (SSSR count). The molecule has 1 aromatic rings. The van der Waals surface area contributed by atoms with Gasteiger partial charge in [0.25, 0.3) is 0 Å². The van der Waals surface area contributed by atoms with E-state index in [9.17, 15) is 13.5 Å².